The molecule has 4 heterocycles. The van der Waals surface area contributed by atoms with Gasteiger partial charge in [-0.05, 0) is 46.8 Å². The van der Waals surface area contributed by atoms with Gasteiger partial charge < -0.3 is 19.4 Å². The van der Waals surface area contributed by atoms with E-state index in [1.54, 1.807) is 20.6 Å². The molecule has 1 aromatic carbocycles. The van der Waals surface area contributed by atoms with E-state index in [9.17, 15) is 18.4 Å². The summed E-state index contributed by atoms with van der Waals surface area (Å²) in [5, 5.41) is 0.616. The van der Waals surface area contributed by atoms with Crippen LogP contribution in [0.3, 0.4) is 0 Å². The highest BCUT2D eigenvalue weighted by molar-refractivity contribution is 6.10. The average Bonchev–Trinajstić information content (AvgIpc) is 3.17. The van der Waals surface area contributed by atoms with Gasteiger partial charge in [0, 0.05) is 50.4 Å². The molecule has 0 N–H and O–H groups in total. The van der Waals surface area contributed by atoms with Crippen LogP contribution in [-0.4, -0.2) is 68.8 Å². The van der Waals surface area contributed by atoms with Gasteiger partial charge in [0.15, 0.2) is 5.65 Å². The zero-order chi connectivity index (χ0) is 26.6. The highest BCUT2D eigenvalue weighted by Gasteiger charge is 2.37. The van der Waals surface area contributed by atoms with Crippen molar-refractivity contribution in [1.29, 1.82) is 0 Å². The molecule has 2 aliphatic rings. The highest BCUT2D eigenvalue weighted by atomic mass is 19.1. The Labute approximate surface area is 213 Å². The summed E-state index contributed by atoms with van der Waals surface area (Å²) in [5.74, 6) is -0.879. The average molecular weight is 513 g/mol. The number of fused-ring (bicyclic) bond motifs is 1. The summed E-state index contributed by atoms with van der Waals surface area (Å²) in [6.07, 6.45) is 3.14. The maximum Gasteiger partial charge on any atom is 0.410 e. The van der Waals surface area contributed by atoms with Crippen LogP contribution in [-0.2, 0) is 9.53 Å². The van der Waals surface area contributed by atoms with Crippen LogP contribution in [0.25, 0.3) is 16.7 Å². The summed E-state index contributed by atoms with van der Waals surface area (Å²) >= 11 is 0. The number of benzene rings is 1. The molecule has 2 fully saturated rings. The number of β-lactam (4-membered cyclic amide) rings is 1. The molecule has 2 saturated heterocycles. The number of carbonyl (C=O) groups excluding carboxylic acids is 2. The lowest BCUT2D eigenvalue weighted by Gasteiger charge is -2.45. The van der Waals surface area contributed by atoms with E-state index in [0.717, 1.165) is 6.07 Å². The Kier molecular flexibility index (Phi) is 6.04. The number of aromatic nitrogens is 3. The molecule has 196 valence electrons. The lowest BCUT2D eigenvalue weighted by atomic mass is 10.1. The highest BCUT2D eigenvalue weighted by Crippen LogP contribution is 2.39. The van der Waals surface area contributed by atoms with Crippen molar-refractivity contribution >= 4 is 34.5 Å². The number of hydrogen-bond donors (Lipinski definition) is 0. The number of hydrogen-bond acceptors (Lipinski definition) is 6. The fourth-order valence-corrected chi connectivity index (χ4v) is 4.89. The number of piperazine rings is 1. The first-order valence-electron chi connectivity index (χ1n) is 12.3. The monoisotopic (exact) mass is 512 g/mol. The normalized spacial score (nSPS) is 20.4. The third kappa shape index (κ3) is 4.58. The van der Waals surface area contributed by atoms with Gasteiger partial charge in [-0.3, -0.25) is 9.36 Å². The molecule has 2 atom stereocenters. The third-order valence-corrected chi connectivity index (χ3v) is 6.70. The van der Waals surface area contributed by atoms with Crippen LogP contribution in [0.15, 0.2) is 30.7 Å². The topological polar surface area (TPSA) is 83.8 Å². The van der Waals surface area contributed by atoms with Gasteiger partial charge in [0.05, 0.1) is 16.8 Å². The molecule has 0 aliphatic carbocycles. The van der Waals surface area contributed by atoms with Crippen molar-refractivity contribution in [3.05, 3.63) is 42.4 Å². The molecule has 2 aliphatic heterocycles. The van der Waals surface area contributed by atoms with Gasteiger partial charge in [-0.15, -0.1) is 0 Å². The minimum atomic E-state index is -0.714. The molecular weight excluding hydrogens is 482 g/mol. The van der Waals surface area contributed by atoms with Crippen molar-refractivity contribution in [3.63, 3.8) is 0 Å². The minimum Gasteiger partial charge on any atom is -0.444 e. The first-order valence-corrected chi connectivity index (χ1v) is 12.3. The second kappa shape index (κ2) is 8.97. The lowest BCUT2D eigenvalue weighted by molar-refractivity contribution is -0.122. The third-order valence-electron chi connectivity index (χ3n) is 6.70. The van der Waals surface area contributed by atoms with Crippen LogP contribution in [0.1, 0.15) is 41.0 Å². The van der Waals surface area contributed by atoms with Gasteiger partial charge in [0.1, 0.15) is 29.4 Å². The van der Waals surface area contributed by atoms with E-state index in [2.05, 4.69) is 14.9 Å². The fourth-order valence-electron chi connectivity index (χ4n) is 4.89. The van der Waals surface area contributed by atoms with Crippen molar-refractivity contribution in [2.45, 2.75) is 58.7 Å². The van der Waals surface area contributed by atoms with E-state index in [-0.39, 0.29) is 29.8 Å². The predicted molar refractivity (Wildman–Crippen MR) is 135 cm³/mol. The molecule has 2 aromatic heterocycles. The Balaban J connectivity index is 1.58. The number of ether oxygens (including phenoxy) is 1. The van der Waals surface area contributed by atoms with E-state index in [1.165, 1.54) is 18.5 Å². The smallest absolute Gasteiger partial charge is 0.410 e. The molecule has 37 heavy (non-hydrogen) atoms. The number of halogens is 2. The molecule has 3 aromatic rings. The molecule has 2 unspecified atom stereocenters. The molecule has 0 radical (unpaired) electrons. The second-order valence-electron chi connectivity index (χ2n) is 10.7. The van der Waals surface area contributed by atoms with E-state index in [0.29, 0.717) is 48.6 Å². The molecule has 0 bridgehead atoms. The standard InChI is InChI=1S/C26H30F2N6O3/c1-15-12-33(25(36)37-26(3,4)5)16(2)11-32(15)23-22-20(31-7-6-21(31)35)13-34(24(22)30-14-29-23)19-9-17(27)8-18(28)10-19/h8-10,13-16H,6-7,11-12H2,1-5H3. The Morgan fingerprint density at radius 2 is 1.76 bits per heavy atom. The van der Waals surface area contributed by atoms with Crippen LogP contribution in [0.2, 0.25) is 0 Å². The first kappa shape index (κ1) is 24.9. The van der Waals surface area contributed by atoms with Gasteiger partial charge in [-0.1, -0.05) is 0 Å². The number of nitrogens with zero attached hydrogens (tertiary/aromatic N) is 6. The van der Waals surface area contributed by atoms with Crippen LogP contribution >= 0.6 is 0 Å². The quantitative estimate of drug-likeness (QED) is 0.488. The number of anilines is 2. The van der Waals surface area contributed by atoms with E-state index < -0.39 is 17.2 Å². The summed E-state index contributed by atoms with van der Waals surface area (Å²) in [5.41, 5.74) is 0.663. The van der Waals surface area contributed by atoms with E-state index in [4.69, 9.17) is 4.74 Å². The lowest BCUT2D eigenvalue weighted by Crippen LogP contribution is -2.59. The zero-order valence-corrected chi connectivity index (χ0v) is 21.5. The summed E-state index contributed by atoms with van der Waals surface area (Å²) < 4.78 is 35.4. The van der Waals surface area contributed by atoms with Crippen molar-refractivity contribution in [2.75, 3.05) is 29.4 Å². The molecule has 2 amide bonds. The van der Waals surface area contributed by atoms with Gasteiger partial charge >= 0.3 is 6.09 Å². The minimum absolute atomic E-state index is 0.0459. The SMILES string of the molecule is CC1CN(c2ncnc3c2c(N2CCC2=O)cn3-c2cc(F)cc(F)c2)C(C)CN1C(=O)OC(C)(C)C. The molecular formula is C26H30F2N6O3. The summed E-state index contributed by atoms with van der Waals surface area (Å²) in [6.45, 7) is 10.9. The molecule has 9 nitrogen and oxygen atoms in total. The van der Waals surface area contributed by atoms with Gasteiger partial charge in [-0.2, -0.15) is 0 Å². The first-order chi connectivity index (χ1) is 17.4. The van der Waals surface area contributed by atoms with Gasteiger partial charge in [0.25, 0.3) is 0 Å². The maximum atomic E-state index is 14.1. The number of rotatable bonds is 3. The molecule has 5 rings (SSSR count). The number of carbonyl (C=O) groups is 2. The Morgan fingerprint density at radius 1 is 1.05 bits per heavy atom. The van der Waals surface area contributed by atoms with Gasteiger partial charge in [-0.25, -0.2) is 23.5 Å². The van der Waals surface area contributed by atoms with Crippen LogP contribution < -0.4 is 9.80 Å². The summed E-state index contributed by atoms with van der Waals surface area (Å²) in [6, 6.07) is 2.94. The van der Waals surface area contributed by atoms with Crippen molar-refractivity contribution in [3.8, 4) is 5.69 Å². The summed E-state index contributed by atoms with van der Waals surface area (Å²) in [4.78, 5) is 39.7. The maximum absolute atomic E-state index is 14.1. The molecule has 11 heteroatoms. The Morgan fingerprint density at radius 3 is 2.35 bits per heavy atom. The fraction of sp³-hybridized carbons (Fsp3) is 0.462. The number of amides is 2. The van der Waals surface area contributed by atoms with Gasteiger partial charge in [0.2, 0.25) is 5.91 Å². The molecule has 0 saturated carbocycles. The van der Waals surface area contributed by atoms with E-state index >= 15 is 0 Å². The van der Waals surface area contributed by atoms with Crippen molar-refractivity contribution < 1.29 is 23.1 Å². The summed E-state index contributed by atoms with van der Waals surface area (Å²) in [7, 11) is 0. The second-order valence-corrected chi connectivity index (χ2v) is 10.7. The zero-order valence-electron chi connectivity index (χ0n) is 21.5. The van der Waals surface area contributed by atoms with Crippen LogP contribution in [0.5, 0.6) is 0 Å². The predicted octanol–water partition coefficient (Wildman–Crippen LogP) is 4.27. The Hall–Kier alpha value is -3.76. The van der Waals surface area contributed by atoms with Crippen LogP contribution in [0.4, 0.5) is 25.1 Å². The van der Waals surface area contributed by atoms with E-state index in [1.807, 2.05) is 34.6 Å². The van der Waals surface area contributed by atoms with Crippen molar-refractivity contribution in [2.24, 2.45) is 0 Å². The molecule has 0 spiro atoms. The largest absolute Gasteiger partial charge is 0.444 e. The van der Waals surface area contributed by atoms with Crippen molar-refractivity contribution in [1.82, 2.24) is 19.4 Å². The Bertz CT molecular complexity index is 1360. The van der Waals surface area contributed by atoms with Crippen LogP contribution in [0, 0.1) is 11.6 Å².